The van der Waals surface area contributed by atoms with Crippen LogP contribution in [-0.4, -0.2) is 25.8 Å². The second-order valence-corrected chi connectivity index (χ2v) is 5.35. The van der Waals surface area contributed by atoms with Gasteiger partial charge in [0.1, 0.15) is 11.6 Å². The fraction of sp³-hybridized carbons (Fsp3) is 0.643. The molecule has 0 unspecified atom stereocenters. The molecular weight excluding hydrogens is 254 g/mol. The number of nitrogens with one attached hydrogen (secondary N) is 1. The average Bonchev–Trinajstić information content (AvgIpc) is 2.99. The lowest BCUT2D eigenvalue weighted by Crippen LogP contribution is -2.37. The van der Waals surface area contributed by atoms with E-state index in [9.17, 15) is 0 Å². The molecule has 6 nitrogen and oxygen atoms in total. The zero-order chi connectivity index (χ0) is 14.1. The molecule has 6 heteroatoms. The predicted molar refractivity (Wildman–Crippen MR) is 74.3 cm³/mol. The molecule has 2 aromatic rings. The van der Waals surface area contributed by atoms with E-state index in [4.69, 9.17) is 4.42 Å². The van der Waals surface area contributed by atoms with Crippen LogP contribution in [0.25, 0.3) is 0 Å². The van der Waals surface area contributed by atoms with Gasteiger partial charge in [0.2, 0.25) is 5.89 Å². The minimum absolute atomic E-state index is 0.404. The molecule has 0 saturated heterocycles. The minimum atomic E-state index is 0.404. The van der Waals surface area contributed by atoms with Gasteiger partial charge >= 0.3 is 0 Å². The Balaban J connectivity index is 1.60. The molecule has 1 atom stereocenters. The Morgan fingerprint density at radius 1 is 1.35 bits per heavy atom. The van der Waals surface area contributed by atoms with Crippen molar-refractivity contribution in [3.8, 4) is 0 Å². The Morgan fingerprint density at radius 3 is 2.90 bits per heavy atom. The van der Waals surface area contributed by atoms with Crippen LogP contribution in [0.3, 0.4) is 0 Å². The van der Waals surface area contributed by atoms with Crippen LogP contribution in [0.1, 0.15) is 42.3 Å². The van der Waals surface area contributed by atoms with E-state index in [-0.39, 0.29) is 0 Å². The number of oxazole rings is 1. The number of aromatic nitrogens is 4. The summed E-state index contributed by atoms with van der Waals surface area (Å²) in [5, 5.41) is 8.02. The quantitative estimate of drug-likeness (QED) is 0.917. The first-order valence-corrected chi connectivity index (χ1v) is 7.24. The molecule has 1 aliphatic heterocycles. The normalized spacial score (nSPS) is 18.2. The number of fused-ring (bicyclic) bond motifs is 1. The van der Waals surface area contributed by atoms with E-state index in [2.05, 4.69) is 27.3 Å². The lowest BCUT2D eigenvalue weighted by Gasteiger charge is -2.22. The highest BCUT2D eigenvalue weighted by molar-refractivity contribution is 5.05. The van der Waals surface area contributed by atoms with E-state index in [0.717, 1.165) is 54.8 Å². The third kappa shape index (κ3) is 2.60. The van der Waals surface area contributed by atoms with Crippen molar-refractivity contribution in [3.63, 3.8) is 0 Å². The van der Waals surface area contributed by atoms with E-state index in [1.54, 1.807) is 0 Å². The van der Waals surface area contributed by atoms with Crippen molar-refractivity contribution in [1.29, 1.82) is 0 Å². The largest absolute Gasteiger partial charge is 0.444 e. The molecule has 0 saturated carbocycles. The van der Waals surface area contributed by atoms with Crippen LogP contribution in [0.5, 0.6) is 0 Å². The molecule has 0 spiro atoms. The number of hydrogen-bond donors (Lipinski definition) is 1. The second-order valence-electron chi connectivity index (χ2n) is 5.35. The Kier molecular flexibility index (Phi) is 3.56. The van der Waals surface area contributed by atoms with Gasteiger partial charge in [-0.3, -0.25) is 0 Å². The predicted octanol–water partition coefficient (Wildman–Crippen LogP) is 1.55. The van der Waals surface area contributed by atoms with Gasteiger partial charge < -0.3 is 9.73 Å². The molecular formula is C14H21N5O. The zero-order valence-corrected chi connectivity index (χ0v) is 12.3. The Morgan fingerprint density at radius 2 is 2.20 bits per heavy atom. The van der Waals surface area contributed by atoms with Gasteiger partial charge in [-0.2, -0.15) is 5.10 Å². The second kappa shape index (κ2) is 5.36. The van der Waals surface area contributed by atoms with Crippen molar-refractivity contribution in [1.82, 2.24) is 25.1 Å². The summed E-state index contributed by atoms with van der Waals surface area (Å²) in [6.45, 7) is 7.55. The summed E-state index contributed by atoms with van der Waals surface area (Å²) in [4.78, 5) is 8.92. The van der Waals surface area contributed by atoms with Crippen LogP contribution in [0, 0.1) is 13.8 Å². The van der Waals surface area contributed by atoms with Gasteiger partial charge in [0.25, 0.3) is 0 Å². The monoisotopic (exact) mass is 275 g/mol. The average molecular weight is 275 g/mol. The standard InChI is InChI=1S/C14H21N5O/c1-4-12-17-13-6-5-11(8-19(13)18-12)15-7-14-16-9(2)10(3)20-14/h11,15H,4-8H2,1-3H3/t11-/m1/s1. The van der Waals surface area contributed by atoms with E-state index in [1.807, 2.05) is 18.5 Å². The molecule has 3 heterocycles. The molecule has 3 rings (SSSR count). The van der Waals surface area contributed by atoms with Gasteiger partial charge in [-0.25, -0.2) is 14.6 Å². The van der Waals surface area contributed by atoms with Crippen LogP contribution in [0.15, 0.2) is 4.42 Å². The molecule has 20 heavy (non-hydrogen) atoms. The smallest absolute Gasteiger partial charge is 0.208 e. The van der Waals surface area contributed by atoms with Gasteiger partial charge in [0.05, 0.1) is 18.8 Å². The molecule has 1 N–H and O–H groups in total. The molecule has 0 aliphatic carbocycles. The van der Waals surface area contributed by atoms with Crippen molar-refractivity contribution in [3.05, 3.63) is 29.0 Å². The number of rotatable bonds is 4. The first-order chi connectivity index (χ1) is 9.65. The van der Waals surface area contributed by atoms with Crippen molar-refractivity contribution in [2.24, 2.45) is 0 Å². The number of aryl methyl sites for hydroxylation is 4. The Bertz CT molecular complexity index is 581. The summed E-state index contributed by atoms with van der Waals surface area (Å²) >= 11 is 0. The van der Waals surface area contributed by atoms with E-state index in [0.29, 0.717) is 12.6 Å². The summed E-state index contributed by atoms with van der Waals surface area (Å²) in [5.41, 5.74) is 0.969. The topological polar surface area (TPSA) is 68.8 Å². The molecule has 0 fully saturated rings. The first-order valence-electron chi connectivity index (χ1n) is 7.24. The summed E-state index contributed by atoms with van der Waals surface area (Å²) in [6.07, 6.45) is 2.96. The summed E-state index contributed by atoms with van der Waals surface area (Å²) < 4.78 is 7.62. The van der Waals surface area contributed by atoms with Gasteiger partial charge in [-0.15, -0.1) is 0 Å². The van der Waals surface area contributed by atoms with E-state index >= 15 is 0 Å². The van der Waals surface area contributed by atoms with E-state index in [1.165, 1.54) is 0 Å². The van der Waals surface area contributed by atoms with Crippen LogP contribution < -0.4 is 5.32 Å². The number of hydrogen-bond acceptors (Lipinski definition) is 5. The highest BCUT2D eigenvalue weighted by Crippen LogP contribution is 2.14. The maximum atomic E-state index is 5.59. The van der Waals surface area contributed by atoms with Crippen molar-refractivity contribution < 1.29 is 4.42 Å². The Labute approximate surface area is 118 Å². The SMILES string of the molecule is CCc1nc2n(n1)C[C@H](NCc1nc(C)c(C)o1)CC2. The molecule has 108 valence electrons. The van der Waals surface area contributed by atoms with E-state index < -0.39 is 0 Å². The Hall–Kier alpha value is -1.69. The van der Waals surface area contributed by atoms with Gasteiger partial charge in [-0.1, -0.05) is 6.92 Å². The molecule has 0 aromatic carbocycles. The highest BCUT2D eigenvalue weighted by Gasteiger charge is 2.21. The van der Waals surface area contributed by atoms with Gasteiger partial charge in [-0.05, 0) is 20.3 Å². The fourth-order valence-electron chi connectivity index (χ4n) is 2.52. The van der Waals surface area contributed by atoms with Crippen LogP contribution in [-0.2, 0) is 25.9 Å². The molecule has 2 aromatic heterocycles. The molecule has 0 radical (unpaired) electrons. The van der Waals surface area contributed by atoms with Crippen LogP contribution in [0.2, 0.25) is 0 Å². The van der Waals surface area contributed by atoms with Gasteiger partial charge in [0, 0.05) is 18.9 Å². The van der Waals surface area contributed by atoms with Crippen molar-refractivity contribution >= 4 is 0 Å². The van der Waals surface area contributed by atoms with Gasteiger partial charge in [0.15, 0.2) is 5.82 Å². The van der Waals surface area contributed by atoms with Crippen LogP contribution in [0.4, 0.5) is 0 Å². The minimum Gasteiger partial charge on any atom is -0.444 e. The third-order valence-corrected chi connectivity index (χ3v) is 3.83. The lowest BCUT2D eigenvalue weighted by atomic mass is 10.1. The van der Waals surface area contributed by atoms with Crippen molar-refractivity contribution in [2.75, 3.05) is 0 Å². The first kappa shape index (κ1) is 13.3. The molecule has 0 bridgehead atoms. The fourth-order valence-corrected chi connectivity index (χ4v) is 2.52. The molecule has 1 aliphatic rings. The van der Waals surface area contributed by atoms with Crippen LogP contribution >= 0.6 is 0 Å². The highest BCUT2D eigenvalue weighted by atomic mass is 16.4. The maximum absolute atomic E-state index is 5.59. The summed E-state index contributed by atoms with van der Waals surface area (Å²) in [5.74, 6) is 3.72. The number of nitrogens with zero attached hydrogens (tertiary/aromatic N) is 4. The van der Waals surface area contributed by atoms with Crippen molar-refractivity contribution in [2.45, 2.75) is 59.2 Å². The summed E-state index contributed by atoms with van der Waals surface area (Å²) in [7, 11) is 0. The molecule has 0 amide bonds. The zero-order valence-electron chi connectivity index (χ0n) is 12.3. The third-order valence-electron chi connectivity index (χ3n) is 3.83. The maximum Gasteiger partial charge on any atom is 0.208 e. The lowest BCUT2D eigenvalue weighted by molar-refractivity contribution is 0.339. The summed E-state index contributed by atoms with van der Waals surface area (Å²) in [6, 6.07) is 0.404.